The highest BCUT2D eigenvalue weighted by molar-refractivity contribution is 7.91. The minimum atomic E-state index is -3.31. The van der Waals surface area contributed by atoms with Gasteiger partial charge in [0.2, 0.25) is 0 Å². The van der Waals surface area contributed by atoms with Crippen LogP contribution >= 0.6 is 11.6 Å². The molecule has 0 amide bonds. The van der Waals surface area contributed by atoms with E-state index in [9.17, 15) is 8.42 Å². The summed E-state index contributed by atoms with van der Waals surface area (Å²) in [4.78, 5) is 0.190. The largest absolute Gasteiger partial charge is 0.383 e. The molecule has 17 heavy (non-hydrogen) atoms. The molecule has 1 rings (SSSR count). The van der Waals surface area contributed by atoms with E-state index in [4.69, 9.17) is 16.3 Å². The maximum atomic E-state index is 11.9. The summed E-state index contributed by atoms with van der Waals surface area (Å²) in [6, 6.07) is 6.47. The summed E-state index contributed by atoms with van der Waals surface area (Å²) in [5.74, 6) is 0.0282. The highest BCUT2D eigenvalue weighted by Crippen LogP contribution is 2.21. The first-order valence-corrected chi connectivity index (χ1v) is 7.28. The molecule has 0 radical (unpaired) electrons. The Kier molecular flexibility index (Phi) is 5.91. The van der Waals surface area contributed by atoms with Gasteiger partial charge in [0.25, 0.3) is 0 Å². The van der Waals surface area contributed by atoms with Crippen LogP contribution in [0.5, 0.6) is 0 Å². The first kappa shape index (κ1) is 14.4. The Morgan fingerprint density at radius 2 is 2.00 bits per heavy atom. The maximum absolute atomic E-state index is 11.9. The summed E-state index contributed by atoms with van der Waals surface area (Å²) >= 11 is 5.85. The zero-order valence-corrected chi connectivity index (χ0v) is 11.2. The van der Waals surface area contributed by atoms with E-state index in [1.807, 2.05) is 0 Å². The fourth-order valence-corrected chi connectivity index (χ4v) is 3.09. The van der Waals surface area contributed by atoms with Crippen LogP contribution in [0.1, 0.15) is 0 Å². The average molecular weight is 278 g/mol. The molecular formula is C11H16ClNO3S. The topological polar surface area (TPSA) is 55.4 Å². The van der Waals surface area contributed by atoms with Gasteiger partial charge in [0.15, 0.2) is 9.84 Å². The van der Waals surface area contributed by atoms with Gasteiger partial charge in [0, 0.05) is 20.2 Å². The van der Waals surface area contributed by atoms with Crippen molar-refractivity contribution in [3.63, 3.8) is 0 Å². The summed E-state index contributed by atoms with van der Waals surface area (Å²) in [5.41, 5.74) is 0. The minimum Gasteiger partial charge on any atom is -0.383 e. The van der Waals surface area contributed by atoms with Gasteiger partial charge in [-0.2, -0.15) is 0 Å². The van der Waals surface area contributed by atoms with Gasteiger partial charge in [-0.25, -0.2) is 8.42 Å². The Morgan fingerprint density at radius 1 is 1.29 bits per heavy atom. The van der Waals surface area contributed by atoms with Gasteiger partial charge < -0.3 is 10.1 Å². The third-order valence-electron chi connectivity index (χ3n) is 2.20. The first-order valence-electron chi connectivity index (χ1n) is 5.25. The van der Waals surface area contributed by atoms with Crippen molar-refractivity contribution in [2.75, 3.05) is 32.6 Å². The predicted octanol–water partition coefficient (Wildman–Crippen LogP) is 1.35. The molecule has 0 spiro atoms. The van der Waals surface area contributed by atoms with E-state index < -0.39 is 9.84 Å². The number of hydrogen-bond donors (Lipinski definition) is 1. The van der Waals surface area contributed by atoms with E-state index in [1.54, 1.807) is 25.3 Å². The van der Waals surface area contributed by atoms with Gasteiger partial charge in [0.1, 0.15) is 0 Å². The van der Waals surface area contributed by atoms with E-state index in [0.717, 1.165) is 0 Å². The Balaban J connectivity index is 2.55. The van der Waals surface area contributed by atoms with Crippen molar-refractivity contribution >= 4 is 21.4 Å². The molecule has 0 atom stereocenters. The van der Waals surface area contributed by atoms with Crippen molar-refractivity contribution in [2.24, 2.45) is 0 Å². The van der Waals surface area contributed by atoms with Gasteiger partial charge in [-0.1, -0.05) is 23.7 Å². The van der Waals surface area contributed by atoms with E-state index in [1.165, 1.54) is 6.07 Å². The highest BCUT2D eigenvalue weighted by Gasteiger charge is 2.16. The standard InChI is InChI=1S/C11H16ClNO3S/c1-16-8-6-13-7-9-17(14,15)11-5-3-2-4-10(11)12/h2-5,13H,6-9H2,1H3. The van der Waals surface area contributed by atoms with Gasteiger partial charge in [-0.15, -0.1) is 0 Å². The van der Waals surface area contributed by atoms with Crippen molar-refractivity contribution < 1.29 is 13.2 Å². The summed E-state index contributed by atoms with van der Waals surface area (Å²) in [7, 11) is -1.71. The van der Waals surface area contributed by atoms with Gasteiger partial charge in [-0.05, 0) is 12.1 Å². The summed E-state index contributed by atoms with van der Waals surface area (Å²) in [6.07, 6.45) is 0. The lowest BCUT2D eigenvalue weighted by Gasteiger charge is -2.07. The van der Waals surface area contributed by atoms with Crippen LogP contribution in [0.3, 0.4) is 0 Å². The number of halogens is 1. The van der Waals surface area contributed by atoms with Crippen molar-refractivity contribution in [1.82, 2.24) is 5.32 Å². The third kappa shape index (κ3) is 4.63. The number of ether oxygens (including phenoxy) is 1. The number of hydrogen-bond acceptors (Lipinski definition) is 4. The molecule has 0 aliphatic carbocycles. The molecule has 0 bridgehead atoms. The molecule has 0 aliphatic rings. The molecule has 0 unspecified atom stereocenters. The zero-order chi connectivity index (χ0) is 12.7. The normalized spacial score (nSPS) is 11.6. The lowest BCUT2D eigenvalue weighted by molar-refractivity contribution is 0.200. The molecule has 0 fully saturated rings. The van der Waals surface area contributed by atoms with Crippen LogP contribution in [-0.4, -0.2) is 41.0 Å². The Morgan fingerprint density at radius 3 is 2.65 bits per heavy atom. The molecule has 1 N–H and O–H groups in total. The second-order valence-electron chi connectivity index (χ2n) is 3.49. The number of rotatable bonds is 7. The fourth-order valence-electron chi connectivity index (χ4n) is 1.31. The van der Waals surface area contributed by atoms with Crippen LogP contribution in [0.15, 0.2) is 29.2 Å². The second-order valence-corrected chi connectivity index (χ2v) is 5.98. The van der Waals surface area contributed by atoms with Crippen molar-refractivity contribution in [1.29, 1.82) is 0 Å². The summed E-state index contributed by atoms with van der Waals surface area (Å²) in [6.45, 7) is 1.58. The van der Waals surface area contributed by atoms with Gasteiger partial charge in [0.05, 0.1) is 22.3 Å². The van der Waals surface area contributed by atoms with Gasteiger partial charge in [-0.3, -0.25) is 0 Å². The molecule has 96 valence electrons. The zero-order valence-electron chi connectivity index (χ0n) is 9.65. The van der Waals surface area contributed by atoms with Crippen molar-refractivity contribution in [3.05, 3.63) is 29.3 Å². The second kappa shape index (κ2) is 6.96. The van der Waals surface area contributed by atoms with Crippen LogP contribution in [-0.2, 0) is 14.6 Å². The molecule has 0 saturated carbocycles. The maximum Gasteiger partial charge on any atom is 0.181 e. The highest BCUT2D eigenvalue weighted by atomic mass is 35.5. The van der Waals surface area contributed by atoms with Crippen molar-refractivity contribution in [3.8, 4) is 0 Å². The number of sulfone groups is 1. The van der Waals surface area contributed by atoms with Crippen LogP contribution in [0, 0.1) is 0 Å². The molecular weight excluding hydrogens is 262 g/mol. The predicted molar refractivity (Wildman–Crippen MR) is 68.3 cm³/mol. The van der Waals surface area contributed by atoms with Crippen LogP contribution < -0.4 is 5.32 Å². The van der Waals surface area contributed by atoms with E-state index in [0.29, 0.717) is 19.7 Å². The quantitative estimate of drug-likeness (QED) is 0.765. The molecule has 0 aliphatic heterocycles. The molecule has 4 nitrogen and oxygen atoms in total. The summed E-state index contributed by atoms with van der Waals surface area (Å²) < 4.78 is 28.7. The van der Waals surface area contributed by atoms with Crippen LogP contribution in [0.4, 0.5) is 0 Å². The van der Waals surface area contributed by atoms with Crippen LogP contribution in [0.25, 0.3) is 0 Å². The first-order chi connectivity index (χ1) is 8.08. The Labute approximate surface area is 107 Å². The third-order valence-corrected chi connectivity index (χ3v) is 4.41. The SMILES string of the molecule is COCCNCCS(=O)(=O)c1ccccc1Cl. The number of methoxy groups -OCH3 is 1. The van der Waals surface area contributed by atoms with E-state index >= 15 is 0 Å². The lowest BCUT2D eigenvalue weighted by Crippen LogP contribution is -2.26. The molecule has 1 aromatic carbocycles. The molecule has 0 aromatic heterocycles. The minimum absolute atomic E-state index is 0.0282. The van der Waals surface area contributed by atoms with Gasteiger partial charge >= 0.3 is 0 Å². The average Bonchev–Trinajstić information content (AvgIpc) is 2.29. The summed E-state index contributed by atoms with van der Waals surface area (Å²) in [5, 5.41) is 3.25. The fraction of sp³-hybridized carbons (Fsp3) is 0.455. The van der Waals surface area contributed by atoms with E-state index in [-0.39, 0.29) is 15.7 Å². The smallest absolute Gasteiger partial charge is 0.181 e. The van der Waals surface area contributed by atoms with E-state index in [2.05, 4.69) is 5.32 Å². The number of nitrogens with one attached hydrogen (secondary N) is 1. The lowest BCUT2D eigenvalue weighted by atomic mass is 10.4. The monoisotopic (exact) mass is 277 g/mol. The number of benzene rings is 1. The molecule has 1 aromatic rings. The molecule has 0 heterocycles. The Bertz CT molecular complexity index is 448. The van der Waals surface area contributed by atoms with Crippen LogP contribution in [0.2, 0.25) is 5.02 Å². The van der Waals surface area contributed by atoms with Crippen molar-refractivity contribution in [2.45, 2.75) is 4.90 Å². The molecule has 0 saturated heterocycles. The Hall–Kier alpha value is -0.620. The molecule has 6 heteroatoms.